The Morgan fingerprint density at radius 3 is 2.24 bits per heavy atom. The summed E-state index contributed by atoms with van der Waals surface area (Å²) in [7, 11) is 0. The van der Waals surface area contributed by atoms with Crippen molar-refractivity contribution in [2.75, 3.05) is 37.7 Å². The Morgan fingerprint density at radius 2 is 1.61 bits per heavy atom. The van der Waals surface area contributed by atoms with Crippen molar-refractivity contribution in [2.24, 2.45) is 0 Å². The first kappa shape index (κ1) is 22.3. The van der Waals surface area contributed by atoms with Crippen LogP contribution in [0.3, 0.4) is 0 Å². The number of carbonyl (C=O) groups is 2. The third-order valence-electron chi connectivity index (χ3n) is 5.70. The molecule has 4 rings (SSSR count). The molecule has 1 aromatic heterocycles. The monoisotopic (exact) mass is 452 g/mol. The molecule has 2 amide bonds. The molecule has 3 aromatic rings. The Labute approximate surface area is 190 Å². The lowest BCUT2D eigenvalue weighted by Crippen LogP contribution is -2.56. The predicted octanol–water partition coefficient (Wildman–Crippen LogP) is 1.76. The molecular formula is C24H25FN4O4. The van der Waals surface area contributed by atoms with Gasteiger partial charge in [0.05, 0.1) is 12.2 Å². The van der Waals surface area contributed by atoms with E-state index in [4.69, 9.17) is 0 Å². The first-order valence-corrected chi connectivity index (χ1v) is 10.6. The van der Waals surface area contributed by atoms with E-state index in [1.54, 1.807) is 40.1 Å². The number of hydrogen-bond donors (Lipinski definition) is 3. The van der Waals surface area contributed by atoms with Gasteiger partial charge in [0, 0.05) is 49.9 Å². The van der Waals surface area contributed by atoms with Crippen LogP contribution in [0.5, 0.6) is 5.75 Å². The molecule has 0 bridgehead atoms. The van der Waals surface area contributed by atoms with Crippen molar-refractivity contribution < 1.29 is 24.2 Å². The molecule has 1 aliphatic rings. The molecule has 1 unspecified atom stereocenters. The molecule has 172 valence electrons. The van der Waals surface area contributed by atoms with E-state index >= 15 is 0 Å². The van der Waals surface area contributed by atoms with Gasteiger partial charge in [-0.2, -0.15) is 0 Å². The molecule has 1 fully saturated rings. The third kappa shape index (κ3) is 4.98. The number of aromatic nitrogens is 1. The number of anilines is 1. The van der Waals surface area contributed by atoms with Gasteiger partial charge in [0.1, 0.15) is 17.6 Å². The van der Waals surface area contributed by atoms with Crippen LogP contribution in [0.25, 0.3) is 5.69 Å². The van der Waals surface area contributed by atoms with Crippen molar-refractivity contribution in [1.82, 2.24) is 14.8 Å². The number of piperazine rings is 1. The number of halogens is 1. The zero-order chi connectivity index (χ0) is 23.4. The minimum atomic E-state index is -1.13. The van der Waals surface area contributed by atoms with Crippen molar-refractivity contribution in [3.05, 3.63) is 78.4 Å². The van der Waals surface area contributed by atoms with Crippen molar-refractivity contribution >= 4 is 17.5 Å². The number of phenols is 1. The standard InChI is InChI=1S/C24H25FN4O4/c25-17-3-5-18(6-4-17)28-11-13-29(14-12-28)24(33)21(16-30)26-23(32)20-15-19(7-8-22(20)31)27-9-1-2-10-27/h1-10,15,21,30-31H,11-14,16H2,(H,26,32). The highest BCUT2D eigenvalue weighted by Crippen LogP contribution is 2.22. The summed E-state index contributed by atoms with van der Waals surface area (Å²) in [5.41, 5.74) is 1.55. The molecule has 9 heteroatoms. The number of nitrogens with one attached hydrogen (secondary N) is 1. The first-order chi connectivity index (χ1) is 16.0. The lowest BCUT2D eigenvalue weighted by molar-refractivity contribution is -0.134. The van der Waals surface area contributed by atoms with Crippen LogP contribution in [0.1, 0.15) is 10.4 Å². The van der Waals surface area contributed by atoms with Gasteiger partial charge in [0.15, 0.2) is 0 Å². The summed E-state index contributed by atoms with van der Waals surface area (Å²) in [6.07, 6.45) is 3.61. The quantitative estimate of drug-likeness (QED) is 0.530. The second-order valence-corrected chi connectivity index (χ2v) is 7.79. The molecule has 0 radical (unpaired) electrons. The number of nitrogens with zero attached hydrogens (tertiary/aromatic N) is 3. The third-order valence-corrected chi connectivity index (χ3v) is 5.70. The Bertz CT molecular complexity index is 1110. The number of rotatable bonds is 6. The second kappa shape index (κ2) is 9.74. The number of amides is 2. The van der Waals surface area contributed by atoms with Crippen molar-refractivity contribution in [3.8, 4) is 11.4 Å². The number of phenolic OH excluding ortho intramolecular Hbond substituents is 1. The molecule has 1 aliphatic heterocycles. The van der Waals surface area contributed by atoms with E-state index in [-0.39, 0.29) is 17.1 Å². The van der Waals surface area contributed by atoms with Gasteiger partial charge < -0.3 is 29.9 Å². The van der Waals surface area contributed by atoms with Crippen LogP contribution >= 0.6 is 0 Å². The summed E-state index contributed by atoms with van der Waals surface area (Å²) in [4.78, 5) is 29.4. The van der Waals surface area contributed by atoms with Gasteiger partial charge >= 0.3 is 0 Å². The number of aliphatic hydroxyl groups excluding tert-OH is 1. The maximum absolute atomic E-state index is 13.1. The van der Waals surface area contributed by atoms with Gasteiger partial charge in [-0.3, -0.25) is 9.59 Å². The van der Waals surface area contributed by atoms with Gasteiger partial charge in [0.25, 0.3) is 5.91 Å². The average Bonchev–Trinajstić information content (AvgIpc) is 3.38. The topological polar surface area (TPSA) is 98.0 Å². The smallest absolute Gasteiger partial charge is 0.255 e. The van der Waals surface area contributed by atoms with Gasteiger partial charge in [0.2, 0.25) is 5.91 Å². The van der Waals surface area contributed by atoms with Crippen LogP contribution in [0.4, 0.5) is 10.1 Å². The molecule has 2 aromatic carbocycles. The first-order valence-electron chi connectivity index (χ1n) is 10.6. The van der Waals surface area contributed by atoms with E-state index in [0.717, 1.165) is 5.69 Å². The minimum absolute atomic E-state index is 0.00794. The average molecular weight is 452 g/mol. The predicted molar refractivity (Wildman–Crippen MR) is 121 cm³/mol. The van der Waals surface area contributed by atoms with Gasteiger partial charge in [-0.25, -0.2) is 4.39 Å². The Kier molecular flexibility index (Phi) is 6.60. The number of carbonyl (C=O) groups excluding carboxylic acids is 2. The van der Waals surface area contributed by atoms with E-state index in [9.17, 15) is 24.2 Å². The Hall–Kier alpha value is -3.85. The molecule has 1 atom stereocenters. The molecule has 3 N–H and O–H groups in total. The lowest BCUT2D eigenvalue weighted by Gasteiger charge is -2.37. The fraction of sp³-hybridized carbons (Fsp3) is 0.250. The summed E-state index contributed by atoms with van der Waals surface area (Å²) in [6.45, 7) is 1.32. The van der Waals surface area contributed by atoms with E-state index in [0.29, 0.717) is 31.9 Å². The van der Waals surface area contributed by atoms with E-state index in [2.05, 4.69) is 5.32 Å². The number of benzene rings is 2. The van der Waals surface area contributed by atoms with Crippen LogP contribution in [0.15, 0.2) is 67.0 Å². The largest absolute Gasteiger partial charge is 0.507 e. The van der Waals surface area contributed by atoms with Crippen molar-refractivity contribution in [2.45, 2.75) is 6.04 Å². The highest BCUT2D eigenvalue weighted by atomic mass is 19.1. The van der Waals surface area contributed by atoms with Crippen molar-refractivity contribution in [1.29, 1.82) is 0 Å². The number of aliphatic hydroxyl groups is 1. The van der Waals surface area contributed by atoms with Crippen LogP contribution in [0, 0.1) is 5.82 Å². The highest BCUT2D eigenvalue weighted by Gasteiger charge is 2.29. The van der Waals surface area contributed by atoms with Crippen LogP contribution in [-0.4, -0.2) is 70.3 Å². The summed E-state index contributed by atoms with van der Waals surface area (Å²) >= 11 is 0. The highest BCUT2D eigenvalue weighted by molar-refractivity contribution is 6.00. The van der Waals surface area contributed by atoms with Crippen LogP contribution in [-0.2, 0) is 4.79 Å². The zero-order valence-electron chi connectivity index (χ0n) is 17.9. The summed E-state index contributed by atoms with van der Waals surface area (Å²) in [5.74, 6) is -1.58. The summed E-state index contributed by atoms with van der Waals surface area (Å²) < 4.78 is 14.9. The number of hydrogen-bond acceptors (Lipinski definition) is 5. The molecule has 0 aliphatic carbocycles. The molecule has 0 spiro atoms. The molecular weight excluding hydrogens is 427 g/mol. The normalized spacial score (nSPS) is 14.7. The van der Waals surface area contributed by atoms with Gasteiger partial charge in [-0.1, -0.05) is 0 Å². The molecule has 1 saturated heterocycles. The molecule has 0 saturated carbocycles. The lowest BCUT2D eigenvalue weighted by atomic mass is 10.1. The minimum Gasteiger partial charge on any atom is -0.507 e. The van der Waals surface area contributed by atoms with Gasteiger partial charge in [-0.15, -0.1) is 0 Å². The summed E-state index contributed by atoms with van der Waals surface area (Å²) in [5, 5.41) is 22.5. The summed E-state index contributed by atoms with van der Waals surface area (Å²) in [6, 6.07) is 13.3. The second-order valence-electron chi connectivity index (χ2n) is 7.79. The van der Waals surface area contributed by atoms with Crippen LogP contribution in [0.2, 0.25) is 0 Å². The van der Waals surface area contributed by atoms with Crippen molar-refractivity contribution in [3.63, 3.8) is 0 Å². The molecule has 8 nitrogen and oxygen atoms in total. The van der Waals surface area contributed by atoms with E-state index in [1.807, 2.05) is 17.0 Å². The fourth-order valence-electron chi connectivity index (χ4n) is 3.85. The van der Waals surface area contributed by atoms with Crippen LogP contribution < -0.4 is 10.2 Å². The van der Waals surface area contributed by atoms with Gasteiger partial charge in [-0.05, 0) is 54.6 Å². The molecule has 33 heavy (non-hydrogen) atoms. The number of aromatic hydroxyl groups is 1. The Balaban J connectivity index is 1.40. The SMILES string of the molecule is O=C(NC(CO)C(=O)N1CCN(c2ccc(F)cc2)CC1)c1cc(-n2cccc2)ccc1O. The van der Waals surface area contributed by atoms with E-state index in [1.165, 1.54) is 24.3 Å². The zero-order valence-corrected chi connectivity index (χ0v) is 17.9. The Morgan fingerprint density at radius 1 is 0.970 bits per heavy atom. The van der Waals surface area contributed by atoms with E-state index < -0.39 is 24.5 Å². The maximum Gasteiger partial charge on any atom is 0.255 e. The maximum atomic E-state index is 13.1. The fourth-order valence-corrected chi connectivity index (χ4v) is 3.85. The molecule has 2 heterocycles.